The van der Waals surface area contributed by atoms with Crippen molar-refractivity contribution >= 4 is 39.4 Å². The number of hydrogen-bond donors (Lipinski definition) is 2. The summed E-state index contributed by atoms with van der Waals surface area (Å²) >= 11 is 5.90. The monoisotopic (exact) mass is 552 g/mol. The number of anilines is 1. The van der Waals surface area contributed by atoms with E-state index in [1.165, 1.54) is 12.1 Å². The van der Waals surface area contributed by atoms with Crippen LogP contribution in [0, 0.1) is 0 Å². The van der Waals surface area contributed by atoms with Crippen molar-refractivity contribution in [1.29, 1.82) is 0 Å². The Bertz CT molecular complexity index is 1210. The lowest BCUT2D eigenvalue weighted by Crippen LogP contribution is -2.47. The number of rotatable bonds is 8. The molecule has 0 saturated heterocycles. The van der Waals surface area contributed by atoms with Gasteiger partial charge in [0.2, 0.25) is 0 Å². The number of ether oxygens (including phenoxy) is 2. The molecule has 0 aliphatic heterocycles. The minimum absolute atomic E-state index is 0.00593. The van der Waals surface area contributed by atoms with Crippen molar-refractivity contribution in [3.05, 3.63) is 58.6 Å². The number of nitrogens with one attached hydrogen (secondary N) is 2. The molecule has 0 saturated carbocycles. The van der Waals surface area contributed by atoms with Gasteiger partial charge in [-0.25, -0.2) is 18.0 Å². The maximum absolute atomic E-state index is 13.1. The predicted molar refractivity (Wildman–Crippen MR) is 145 cm³/mol. The highest BCUT2D eigenvalue weighted by molar-refractivity contribution is 7.92. The van der Waals surface area contributed by atoms with Gasteiger partial charge >= 0.3 is 12.1 Å². The highest BCUT2D eigenvalue weighted by atomic mass is 35.5. The minimum Gasteiger partial charge on any atom is -0.458 e. The summed E-state index contributed by atoms with van der Waals surface area (Å²) in [4.78, 5) is 25.6. The summed E-state index contributed by atoms with van der Waals surface area (Å²) in [6.07, 6.45) is -0.769. The maximum atomic E-state index is 13.1. The van der Waals surface area contributed by atoms with Crippen LogP contribution in [0.1, 0.15) is 72.4 Å². The Hall–Kier alpha value is -2.78. The van der Waals surface area contributed by atoms with Gasteiger partial charge in [-0.15, -0.1) is 0 Å². The molecule has 2 aromatic rings. The van der Waals surface area contributed by atoms with Gasteiger partial charge in [0, 0.05) is 17.1 Å². The SMILES string of the molecule is CC(C)c1ccc(S(=O)(=O)Nc2ccc(Cl)cc2)cc1C[C@H](NC(=O)OC(C)(C)C)C(=O)OC(C)(C)C. The van der Waals surface area contributed by atoms with Crippen molar-refractivity contribution in [3.8, 4) is 0 Å². The first kappa shape index (κ1) is 30.4. The molecule has 2 aromatic carbocycles. The van der Waals surface area contributed by atoms with Gasteiger partial charge in [-0.2, -0.15) is 0 Å². The number of esters is 1. The third-order valence-corrected chi connectivity index (χ3v) is 6.58. The lowest BCUT2D eigenvalue weighted by atomic mass is 9.93. The van der Waals surface area contributed by atoms with Crippen LogP contribution in [0.25, 0.3) is 0 Å². The summed E-state index contributed by atoms with van der Waals surface area (Å²) in [6, 6.07) is 9.94. The Morgan fingerprint density at radius 1 is 0.919 bits per heavy atom. The number of sulfonamides is 1. The fraction of sp³-hybridized carbons (Fsp3) is 0.481. The Morgan fingerprint density at radius 3 is 2.00 bits per heavy atom. The molecule has 1 atom stereocenters. The van der Waals surface area contributed by atoms with E-state index in [9.17, 15) is 18.0 Å². The fourth-order valence-electron chi connectivity index (χ4n) is 3.46. The van der Waals surface area contributed by atoms with Gasteiger partial charge in [0.15, 0.2) is 0 Å². The largest absolute Gasteiger partial charge is 0.458 e. The first-order valence-corrected chi connectivity index (χ1v) is 13.9. The van der Waals surface area contributed by atoms with Gasteiger partial charge in [0.1, 0.15) is 17.2 Å². The quantitative estimate of drug-likeness (QED) is 0.386. The lowest BCUT2D eigenvalue weighted by molar-refractivity contribution is -0.157. The standard InChI is InChI=1S/C27H37ClN2O6S/c1-17(2)22-14-13-21(37(33,34)30-20-11-9-19(28)10-12-20)15-18(22)16-23(24(31)35-26(3,4)5)29-25(32)36-27(6,7)8/h9-15,17,23,30H,16H2,1-8H3,(H,29,32)/t23-/m0/s1. The maximum Gasteiger partial charge on any atom is 0.408 e. The summed E-state index contributed by atoms with van der Waals surface area (Å²) in [5.74, 6) is -0.627. The predicted octanol–water partition coefficient (Wildman–Crippen LogP) is 6.04. The van der Waals surface area contributed by atoms with E-state index in [4.69, 9.17) is 21.1 Å². The molecule has 204 valence electrons. The van der Waals surface area contributed by atoms with Crippen LogP contribution in [-0.4, -0.2) is 37.7 Å². The first-order chi connectivity index (χ1) is 16.9. The smallest absolute Gasteiger partial charge is 0.408 e. The molecule has 0 aliphatic carbocycles. The lowest BCUT2D eigenvalue weighted by Gasteiger charge is -2.27. The van der Waals surface area contributed by atoms with Crippen LogP contribution in [0.4, 0.5) is 10.5 Å². The third kappa shape index (κ3) is 9.89. The van der Waals surface area contributed by atoms with E-state index >= 15 is 0 Å². The molecule has 10 heteroatoms. The third-order valence-electron chi connectivity index (χ3n) is 4.95. The van der Waals surface area contributed by atoms with Gasteiger partial charge in [-0.3, -0.25) is 4.72 Å². The summed E-state index contributed by atoms with van der Waals surface area (Å²) in [6.45, 7) is 14.3. The summed E-state index contributed by atoms with van der Waals surface area (Å²) < 4.78 is 39.7. The highest BCUT2D eigenvalue weighted by Crippen LogP contribution is 2.26. The van der Waals surface area contributed by atoms with Crippen LogP contribution in [0.2, 0.25) is 5.02 Å². The van der Waals surface area contributed by atoms with Gasteiger partial charge in [0.25, 0.3) is 10.0 Å². The van der Waals surface area contributed by atoms with Crippen LogP contribution in [0.3, 0.4) is 0 Å². The molecule has 0 radical (unpaired) electrons. The number of halogens is 1. The van der Waals surface area contributed by atoms with Gasteiger partial charge in [-0.1, -0.05) is 31.5 Å². The Morgan fingerprint density at radius 2 is 1.49 bits per heavy atom. The molecule has 0 unspecified atom stereocenters. The number of amides is 1. The molecule has 2 N–H and O–H groups in total. The number of hydrogen-bond acceptors (Lipinski definition) is 6. The van der Waals surface area contributed by atoms with E-state index < -0.39 is 39.3 Å². The second kappa shape index (κ2) is 11.7. The Labute approximate surface area is 225 Å². The van der Waals surface area contributed by atoms with E-state index in [1.54, 1.807) is 71.9 Å². The van der Waals surface area contributed by atoms with Crippen molar-refractivity contribution in [2.24, 2.45) is 0 Å². The summed E-state index contributed by atoms with van der Waals surface area (Å²) in [5, 5.41) is 3.08. The average molecular weight is 553 g/mol. The van der Waals surface area contributed by atoms with Crippen LogP contribution < -0.4 is 10.0 Å². The van der Waals surface area contributed by atoms with Crippen molar-refractivity contribution in [2.45, 2.75) is 89.9 Å². The number of benzene rings is 2. The molecule has 8 nitrogen and oxygen atoms in total. The molecule has 0 aliphatic rings. The van der Waals surface area contributed by atoms with E-state index in [-0.39, 0.29) is 17.2 Å². The van der Waals surface area contributed by atoms with E-state index in [2.05, 4.69) is 10.0 Å². The summed E-state index contributed by atoms with van der Waals surface area (Å²) in [7, 11) is -3.94. The van der Waals surface area contributed by atoms with E-state index in [1.807, 2.05) is 13.8 Å². The zero-order valence-electron chi connectivity index (χ0n) is 22.6. The Kier molecular flexibility index (Phi) is 9.65. The van der Waals surface area contributed by atoms with Crippen LogP contribution in [0.5, 0.6) is 0 Å². The van der Waals surface area contributed by atoms with E-state index in [0.717, 1.165) is 5.56 Å². The number of carbonyl (C=O) groups is 2. The molecule has 1 amide bonds. The zero-order chi connectivity index (χ0) is 28.2. The van der Waals surface area contributed by atoms with E-state index in [0.29, 0.717) is 16.3 Å². The van der Waals surface area contributed by atoms with Crippen LogP contribution in [-0.2, 0) is 30.7 Å². The Balaban J connectivity index is 2.45. The molecular formula is C27H37ClN2O6S. The second-order valence-corrected chi connectivity index (χ2v) is 13.2. The van der Waals surface area contributed by atoms with Gasteiger partial charge in [-0.05, 0) is 95.0 Å². The molecule has 0 bridgehead atoms. The van der Waals surface area contributed by atoms with Gasteiger partial charge < -0.3 is 14.8 Å². The molecular weight excluding hydrogens is 516 g/mol. The zero-order valence-corrected chi connectivity index (χ0v) is 24.2. The second-order valence-electron chi connectivity index (χ2n) is 11.1. The van der Waals surface area contributed by atoms with Crippen LogP contribution in [0.15, 0.2) is 47.4 Å². The van der Waals surface area contributed by atoms with Gasteiger partial charge in [0.05, 0.1) is 4.90 Å². The molecule has 0 fully saturated rings. The fourth-order valence-corrected chi connectivity index (χ4v) is 4.69. The molecule has 2 rings (SSSR count). The van der Waals surface area contributed by atoms with Crippen molar-refractivity contribution < 1.29 is 27.5 Å². The molecule has 0 heterocycles. The molecule has 0 aromatic heterocycles. The van der Waals surface area contributed by atoms with Crippen molar-refractivity contribution in [1.82, 2.24) is 5.32 Å². The number of carbonyl (C=O) groups excluding carboxylic acids is 2. The summed E-state index contributed by atoms with van der Waals surface area (Å²) in [5.41, 5.74) is 0.218. The first-order valence-electron chi connectivity index (χ1n) is 12.0. The van der Waals surface area contributed by atoms with Crippen LogP contribution >= 0.6 is 11.6 Å². The topological polar surface area (TPSA) is 111 Å². The average Bonchev–Trinajstić information content (AvgIpc) is 2.72. The molecule has 37 heavy (non-hydrogen) atoms. The van der Waals surface area contributed by atoms with Crippen molar-refractivity contribution in [2.75, 3.05) is 4.72 Å². The normalized spacial score (nSPS) is 13.1. The van der Waals surface area contributed by atoms with Crippen molar-refractivity contribution in [3.63, 3.8) is 0 Å². The molecule has 0 spiro atoms. The minimum atomic E-state index is -3.94. The number of alkyl carbamates (subject to hydrolysis) is 1. The highest BCUT2D eigenvalue weighted by Gasteiger charge is 2.30.